The van der Waals surface area contributed by atoms with Crippen molar-refractivity contribution in [2.75, 3.05) is 12.8 Å². The molecule has 0 saturated heterocycles. The minimum absolute atomic E-state index is 0.0164. The molecule has 0 aliphatic heterocycles. The van der Waals surface area contributed by atoms with Crippen LogP contribution < -0.4 is 10.5 Å². The number of nitrogen functional groups attached to an aromatic ring is 1. The molecule has 0 radical (unpaired) electrons. The van der Waals surface area contributed by atoms with Gasteiger partial charge >= 0.3 is 0 Å². The van der Waals surface area contributed by atoms with Gasteiger partial charge in [-0.25, -0.2) is 13.4 Å². The smallest absolute Gasteiger partial charge is 0.244 e. The van der Waals surface area contributed by atoms with E-state index in [1.807, 2.05) is 31.2 Å². The molecule has 0 saturated carbocycles. The molecule has 0 unspecified atom stereocenters. The topological polar surface area (TPSA) is 85.5 Å². The van der Waals surface area contributed by atoms with Gasteiger partial charge in [-0.2, -0.15) is 4.31 Å². The second kappa shape index (κ2) is 9.80. The Balaban J connectivity index is 1.62. The third kappa shape index (κ3) is 4.98. The normalized spacial score (nSPS) is 11.8. The number of nitrogens with two attached hydrogens (primary N) is 1. The maximum atomic E-state index is 13.3. The lowest BCUT2D eigenvalue weighted by molar-refractivity contribution is 0.309. The molecule has 0 fully saturated rings. The molecule has 4 aromatic rings. The van der Waals surface area contributed by atoms with Gasteiger partial charge in [0.05, 0.1) is 5.02 Å². The Kier molecular flexibility index (Phi) is 7.00. The van der Waals surface area contributed by atoms with E-state index in [4.69, 9.17) is 33.7 Å². The van der Waals surface area contributed by atoms with Crippen molar-refractivity contribution in [3.63, 3.8) is 0 Å². The number of pyridine rings is 1. The minimum atomic E-state index is -3.90. The molecule has 1 aromatic heterocycles. The molecule has 9 heteroatoms. The van der Waals surface area contributed by atoms with Crippen molar-refractivity contribution in [2.24, 2.45) is 0 Å². The Morgan fingerprint density at radius 3 is 2.47 bits per heavy atom. The Hall–Kier alpha value is -2.84. The summed E-state index contributed by atoms with van der Waals surface area (Å²) in [6.45, 7) is 2.05. The van der Waals surface area contributed by atoms with Crippen LogP contribution >= 0.6 is 23.2 Å². The number of hydrogen-bond acceptors (Lipinski definition) is 5. The number of aryl methyl sites for hydroxylation is 1. The molecule has 0 aliphatic carbocycles. The van der Waals surface area contributed by atoms with Gasteiger partial charge in [0.1, 0.15) is 22.8 Å². The molecule has 34 heavy (non-hydrogen) atoms. The number of para-hydroxylation sites is 1. The van der Waals surface area contributed by atoms with E-state index in [1.165, 1.54) is 23.5 Å². The zero-order valence-corrected chi connectivity index (χ0v) is 21.0. The molecule has 4 rings (SSSR count). The third-order valence-corrected chi connectivity index (χ3v) is 8.16. The van der Waals surface area contributed by atoms with Gasteiger partial charge in [0.15, 0.2) is 0 Å². The Labute approximate surface area is 208 Å². The van der Waals surface area contributed by atoms with Gasteiger partial charge in [0, 0.05) is 40.9 Å². The highest BCUT2D eigenvalue weighted by Gasteiger charge is 2.26. The van der Waals surface area contributed by atoms with E-state index < -0.39 is 10.0 Å². The summed E-state index contributed by atoms with van der Waals surface area (Å²) in [6.07, 6.45) is 0. The molecular formula is C25H23Cl2N3O3S. The zero-order chi connectivity index (χ0) is 24.5. The van der Waals surface area contributed by atoms with E-state index in [2.05, 4.69) is 4.98 Å². The molecule has 3 aromatic carbocycles. The first-order valence-electron chi connectivity index (χ1n) is 10.4. The fourth-order valence-electron chi connectivity index (χ4n) is 3.52. The largest absolute Gasteiger partial charge is 0.487 e. The fraction of sp³-hybridized carbons (Fsp3) is 0.160. The predicted octanol–water partition coefficient (Wildman–Crippen LogP) is 5.83. The summed E-state index contributed by atoms with van der Waals surface area (Å²) in [6, 6.07) is 19.4. The van der Waals surface area contributed by atoms with Crippen LogP contribution in [-0.2, 0) is 23.2 Å². The molecule has 176 valence electrons. The van der Waals surface area contributed by atoms with Crippen LogP contribution in [0.2, 0.25) is 10.0 Å². The summed E-state index contributed by atoms with van der Waals surface area (Å²) >= 11 is 13.0. The summed E-state index contributed by atoms with van der Waals surface area (Å²) in [7, 11) is -2.40. The van der Waals surface area contributed by atoms with Crippen molar-refractivity contribution in [2.45, 2.75) is 25.0 Å². The highest BCUT2D eigenvalue weighted by Crippen LogP contribution is 2.34. The molecule has 1 heterocycles. The number of anilines is 1. The molecule has 6 nitrogen and oxygen atoms in total. The van der Waals surface area contributed by atoms with Crippen molar-refractivity contribution >= 4 is 49.8 Å². The Morgan fingerprint density at radius 1 is 1.00 bits per heavy atom. The van der Waals surface area contributed by atoms with Gasteiger partial charge < -0.3 is 10.5 Å². The SMILES string of the molecule is Cc1ccc2cccc(OCc3c(Cl)ccc(S(=O)(=O)N(C)Cc4ccc(N)cc4)c3Cl)c2n1. The number of nitrogens with zero attached hydrogens (tertiary/aromatic N) is 2. The van der Waals surface area contributed by atoms with Crippen LogP contribution in [0, 0.1) is 6.92 Å². The van der Waals surface area contributed by atoms with Crippen LogP contribution in [0.3, 0.4) is 0 Å². The molecule has 0 aliphatic rings. The van der Waals surface area contributed by atoms with Gasteiger partial charge in [0.2, 0.25) is 10.0 Å². The summed E-state index contributed by atoms with van der Waals surface area (Å²) in [5.41, 5.74) is 9.07. The summed E-state index contributed by atoms with van der Waals surface area (Å²) in [5.74, 6) is 0.557. The molecule has 0 bridgehead atoms. The first-order chi connectivity index (χ1) is 16.2. The highest BCUT2D eigenvalue weighted by atomic mass is 35.5. The number of benzene rings is 3. The van der Waals surface area contributed by atoms with E-state index in [9.17, 15) is 8.42 Å². The molecule has 0 amide bonds. The number of rotatable bonds is 7. The van der Waals surface area contributed by atoms with E-state index in [0.29, 0.717) is 27.5 Å². The van der Waals surface area contributed by atoms with Crippen LogP contribution in [0.1, 0.15) is 16.8 Å². The van der Waals surface area contributed by atoms with Gasteiger partial charge in [-0.05, 0) is 48.9 Å². The number of aromatic nitrogens is 1. The van der Waals surface area contributed by atoms with Gasteiger partial charge in [-0.3, -0.25) is 0 Å². The zero-order valence-electron chi connectivity index (χ0n) is 18.6. The van der Waals surface area contributed by atoms with Crippen LogP contribution in [-0.4, -0.2) is 24.8 Å². The molecular weight excluding hydrogens is 493 g/mol. The molecule has 0 spiro atoms. The summed E-state index contributed by atoms with van der Waals surface area (Å²) in [4.78, 5) is 4.52. The van der Waals surface area contributed by atoms with Gasteiger partial charge in [-0.15, -0.1) is 0 Å². The quantitative estimate of drug-likeness (QED) is 0.313. The number of ether oxygens (including phenoxy) is 1. The second-order valence-electron chi connectivity index (χ2n) is 7.91. The minimum Gasteiger partial charge on any atom is -0.487 e. The van der Waals surface area contributed by atoms with Crippen LogP contribution in [0.4, 0.5) is 5.69 Å². The van der Waals surface area contributed by atoms with E-state index >= 15 is 0 Å². The van der Waals surface area contributed by atoms with Crippen LogP contribution in [0.25, 0.3) is 10.9 Å². The van der Waals surface area contributed by atoms with E-state index in [-0.39, 0.29) is 23.1 Å². The fourth-order valence-corrected chi connectivity index (χ4v) is 5.54. The number of hydrogen-bond donors (Lipinski definition) is 1. The summed E-state index contributed by atoms with van der Waals surface area (Å²) < 4.78 is 33.8. The lowest BCUT2D eigenvalue weighted by atomic mass is 10.2. The average molecular weight is 516 g/mol. The lowest BCUT2D eigenvalue weighted by Gasteiger charge is -2.20. The third-order valence-electron chi connectivity index (χ3n) is 5.42. The van der Waals surface area contributed by atoms with Crippen molar-refractivity contribution in [3.05, 3.63) is 93.6 Å². The summed E-state index contributed by atoms with van der Waals surface area (Å²) in [5, 5.41) is 1.27. The van der Waals surface area contributed by atoms with Crippen LogP contribution in [0.15, 0.2) is 71.6 Å². The maximum Gasteiger partial charge on any atom is 0.244 e. The first kappa shape index (κ1) is 24.3. The standard InChI is InChI=1S/C25H23Cl2N3O3S/c1-16-6-9-18-4-3-5-22(25(18)29-16)33-15-20-21(26)12-13-23(24(20)27)34(31,32)30(2)14-17-7-10-19(28)11-8-17/h3-13H,14-15,28H2,1-2H3. The molecule has 0 atom stereocenters. The highest BCUT2D eigenvalue weighted by molar-refractivity contribution is 7.89. The van der Waals surface area contributed by atoms with Gasteiger partial charge in [0.25, 0.3) is 0 Å². The Morgan fingerprint density at radius 2 is 1.74 bits per heavy atom. The van der Waals surface area contributed by atoms with Crippen molar-refractivity contribution < 1.29 is 13.2 Å². The first-order valence-corrected chi connectivity index (χ1v) is 12.6. The van der Waals surface area contributed by atoms with Crippen molar-refractivity contribution in [3.8, 4) is 5.75 Å². The lowest BCUT2D eigenvalue weighted by Crippen LogP contribution is -2.27. The predicted molar refractivity (Wildman–Crippen MR) is 137 cm³/mol. The van der Waals surface area contributed by atoms with Crippen LogP contribution in [0.5, 0.6) is 5.75 Å². The van der Waals surface area contributed by atoms with E-state index in [1.54, 1.807) is 30.3 Å². The monoisotopic (exact) mass is 515 g/mol. The average Bonchev–Trinajstić information content (AvgIpc) is 2.80. The van der Waals surface area contributed by atoms with Crippen molar-refractivity contribution in [1.29, 1.82) is 0 Å². The second-order valence-corrected chi connectivity index (χ2v) is 10.7. The molecule has 2 N–H and O–H groups in total. The Bertz CT molecular complexity index is 1460. The number of halogens is 2. The van der Waals surface area contributed by atoms with Gasteiger partial charge in [-0.1, -0.05) is 53.5 Å². The number of fused-ring (bicyclic) bond motifs is 1. The van der Waals surface area contributed by atoms with Crippen molar-refractivity contribution in [1.82, 2.24) is 9.29 Å². The van der Waals surface area contributed by atoms with E-state index in [0.717, 1.165) is 16.6 Å². The maximum absolute atomic E-state index is 13.3. The number of sulfonamides is 1.